The number of methoxy groups -OCH3 is 2. The Morgan fingerprint density at radius 2 is 1.65 bits per heavy atom. The first-order chi connectivity index (χ1) is 16.4. The van der Waals surface area contributed by atoms with Crippen LogP contribution in [0.1, 0.15) is 15.9 Å². The third-order valence-electron chi connectivity index (χ3n) is 6.89. The summed E-state index contributed by atoms with van der Waals surface area (Å²) < 4.78 is 12.5. The molecule has 1 saturated heterocycles. The molecule has 8 nitrogen and oxygen atoms in total. The first-order valence-corrected chi connectivity index (χ1v) is 11.5. The van der Waals surface area contributed by atoms with Crippen LogP contribution in [0.3, 0.4) is 0 Å². The van der Waals surface area contributed by atoms with Gasteiger partial charge >= 0.3 is 0 Å². The maximum atomic E-state index is 13.9. The molecule has 0 saturated carbocycles. The number of pyridine rings is 1. The fraction of sp³-hybridized carbons (Fsp3) is 0.385. The maximum Gasteiger partial charge on any atom is 0.262 e. The number of ether oxygens (including phenoxy) is 2. The molecular formula is C26H29N3O5. The quantitative estimate of drug-likeness (QED) is 0.467. The van der Waals surface area contributed by atoms with Gasteiger partial charge in [-0.15, -0.1) is 0 Å². The predicted octanol–water partition coefficient (Wildman–Crippen LogP) is 1.84. The van der Waals surface area contributed by atoms with E-state index in [0.29, 0.717) is 45.8 Å². The molecule has 178 valence electrons. The summed E-state index contributed by atoms with van der Waals surface area (Å²) >= 11 is 0. The molecule has 34 heavy (non-hydrogen) atoms. The van der Waals surface area contributed by atoms with Crippen molar-refractivity contribution in [3.63, 3.8) is 0 Å². The van der Waals surface area contributed by atoms with Crippen molar-refractivity contribution in [2.45, 2.75) is 12.6 Å². The molecule has 1 fully saturated rings. The number of hydrogen-bond acceptors (Lipinski definition) is 7. The molecule has 2 heterocycles. The van der Waals surface area contributed by atoms with Gasteiger partial charge in [0.25, 0.3) is 5.56 Å². The number of aliphatic hydroxyl groups is 1. The van der Waals surface area contributed by atoms with Crippen molar-refractivity contribution in [2.75, 3.05) is 54.0 Å². The first-order valence-electron chi connectivity index (χ1n) is 11.5. The highest BCUT2D eigenvalue weighted by Gasteiger charge is 2.34. The van der Waals surface area contributed by atoms with E-state index in [4.69, 9.17) is 9.47 Å². The molecule has 8 heteroatoms. The Balaban J connectivity index is 1.67. The zero-order chi connectivity index (χ0) is 24.0. The largest absolute Gasteiger partial charge is 0.493 e. The highest BCUT2D eigenvalue weighted by Crippen LogP contribution is 2.43. The Hall–Kier alpha value is -3.20. The second-order valence-electron chi connectivity index (χ2n) is 9.00. The molecule has 1 atom stereocenters. The monoisotopic (exact) mass is 463 g/mol. The van der Waals surface area contributed by atoms with Crippen LogP contribution in [0, 0.1) is 0 Å². The van der Waals surface area contributed by atoms with Crippen LogP contribution in [-0.2, 0) is 6.54 Å². The SMILES string of the molecule is COc1ccc2c3c(n(C[C@H](O)CN4CCN(C)CC4)c(=O)c2c1OC)-c1ccccc1C3=O. The Kier molecular flexibility index (Phi) is 5.89. The van der Waals surface area contributed by atoms with Gasteiger partial charge in [0, 0.05) is 49.2 Å². The smallest absolute Gasteiger partial charge is 0.262 e. The normalized spacial score (nSPS) is 17.0. The summed E-state index contributed by atoms with van der Waals surface area (Å²) in [6, 6.07) is 10.8. The number of benzene rings is 2. The second-order valence-corrected chi connectivity index (χ2v) is 9.00. The molecule has 5 rings (SSSR count). The minimum absolute atomic E-state index is 0.0748. The van der Waals surface area contributed by atoms with Crippen molar-refractivity contribution < 1.29 is 19.4 Å². The van der Waals surface area contributed by atoms with E-state index in [0.717, 1.165) is 26.2 Å². The fourth-order valence-electron chi connectivity index (χ4n) is 5.15. The van der Waals surface area contributed by atoms with Gasteiger partial charge in [-0.05, 0) is 19.2 Å². The van der Waals surface area contributed by atoms with Crippen LogP contribution in [0.4, 0.5) is 0 Å². The molecule has 1 aliphatic heterocycles. The number of aromatic nitrogens is 1. The number of ketones is 1. The van der Waals surface area contributed by atoms with E-state index in [1.54, 1.807) is 22.8 Å². The first kappa shape index (κ1) is 22.6. The Morgan fingerprint density at radius 3 is 2.32 bits per heavy atom. The number of β-amino-alcohol motifs (C(OH)–C–C–N with tert-alkyl or cyclic N) is 1. The number of hydrogen-bond donors (Lipinski definition) is 1. The van der Waals surface area contributed by atoms with Crippen LogP contribution in [0.5, 0.6) is 11.5 Å². The van der Waals surface area contributed by atoms with Crippen LogP contribution in [0.2, 0.25) is 0 Å². The summed E-state index contributed by atoms with van der Waals surface area (Å²) in [6.45, 7) is 4.15. The average molecular weight is 464 g/mol. The second kappa shape index (κ2) is 8.87. The summed E-state index contributed by atoms with van der Waals surface area (Å²) in [5.41, 5.74) is 1.97. The van der Waals surface area contributed by atoms with Gasteiger partial charge in [0.2, 0.25) is 0 Å². The Bertz CT molecular complexity index is 1320. The third-order valence-corrected chi connectivity index (χ3v) is 6.89. The van der Waals surface area contributed by atoms with E-state index in [-0.39, 0.29) is 23.3 Å². The molecule has 0 radical (unpaired) electrons. The molecule has 0 unspecified atom stereocenters. The Labute approximate surface area is 197 Å². The molecule has 1 aliphatic carbocycles. The summed E-state index contributed by atoms with van der Waals surface area (Å²) in [6.07, 6.45) is -0.776. The van der Waals surface area contributed by atoms with Crippen molar-refractivity contribution in [1.29, 1.82) is 0 Å². The van der Waals surface area contributed by atoms with Gasteiger partial charge < -0.3 is 24.0 Å². The van der Waals surface area contributed by atoms with Crippen LogP contribution >= 0.6 is 0 Å². The van der Waals surface area contributed by atoms with Crippen molar-refractivity contribution in [3.8, 4) is 22.8 Å². The zero-order valence-corrected chi connectivity index (χ0v) is 19.7. The zero-order valence-electron chi connectivity index (χ0n) is 19.7. The molecule has 0 amide bonds. The van der Waals surface area contributed by atoms with E-state index in [1.807, 2.05) is 18.2 Å². The van der Waals surface area contributed by atoms with E-state index in [2.05, 4.69) is 16.8 Å². The lowest BCUT2D eigenvalue weighted by atomic mass is 10.0. The van der Waals surface area contributed by atoms with Gasteiger partial charge in [-0.2, -0.15) is 0 Å². The van der Waals surface area contributed by atoms with Crippen LogP contribution in [0.25, 0.3) is 22.0 Å². The summed E-state index contributed by atoms with van der Waals surface area (Å²) in [5.74, 6) is 0.573. The summed E-state index contributed by atoms with van der Waals surface area (Å²) in [7, 11) is 5.07. The molecule has 3 aromatic rings. The van der Waals surface area contributed by atoms with Gasteiger partial charge in [-0.3, -0.25) is 14.5 Å². The number of carbonyl (C=O) groups is 1. The standard InChI is InChI=1S/C26H29N3O5/c1-27-10-12-28(13-11-27)14-16(30)15-29-23-17-6-4-5-7-18(17)24(31)21(23)19-8-9-20(33-2)25(34-3)22(19)26(29)32/h4-9,16,30H,10-15H2,1-3H3/t16-/m1/s1. The lowest BCUT2D eigenvalue weighted by molar-refractivity contribution is 0.0708. The minimum Gasteiger partial charge on any atom is -0.493 e. The molecule has 0 bridgehead atoms. The third kappa shape index (κ3) is 3.58. The van der Waals surface area contributed by atoms with E-state index in [1.165, 1.54) is 14.2 Å². The van der Waals surface area contributed by atoms with Gasteiger partial charge in [-0.25, -0.2) is 0 Å². The number of aliphatic hydroxyl groups excluding tert-OH is 1. The van der Waals surface area contributed by atoms with Crippen LogP contribution in [-0.4, -0.2) is 85.4 Å². The van der Waals surface area contributed by atoms with E-state index < -0.39 is 6.10 Å². The molecule has 2 aliphatic rings. The van der Waals surface area contributed by atoms with Gasteiger partial charge in [0.15, 0.2) is 17.3 Å². The van der Waals surface area contributed by atoms with Gasteiger partial charge in [-0.1, -0.05) is 24.3 Å². The lowest BCUT2D eigenvalue weighted by Crippen LogP contribution is -2.48. The van der Waals surface area contributed by atoms with Crippen LogP contribution in [0.15, 0.2) is 41.2 Å². The predicted molar refractivity (Wildman–Crippen MR) is 130 cm³/mol. The molecule has 1 N–H and O–H groups in total. The highest BCUT2D eigenvalue weighted by atomic mass is 16.5. The lowest BCUT2D eigenvalue weighted by Gasteiger charge is -2.33. The molecule has 2 aromatic carbocycles. The molecule has 0 spiro atoms. The topological polar surface area (TPSA) is 84.2 Å². The number of carbonyl (C=O) groups excluding carboxylic acids is 1. The van der Waals surface area contributed by atoms with Crippen molar-refractivity contribution in [2.24, 2.45) is 0 Å². The maximum absolute atomic E-state index is 13.9. The number of nitrogens with zero attached hydrogens (tertiary/aromatic N) is 3. The van der Waals surface area contributed by atoms with Gasteiger partial charge in [0.05, 0.1) is 43.5 Å². The Morgan fingerprint density at radius 1 is 0.941 bits per heavy atom. The average Bonchev–Trinajstić information content (AvgIpc) is 3.14. The number of rotatable bonds is 6. The highest BCUT2D eigenvalue weighted by molar-refractivity contribution is 6.27. The number of fused-ring (bicyclic) bond motifs is 5. The van der Waals surface area contributed by atoms with Crippen LogP contribution < -0.4 is 15.0 Å². The number of likely N-dealkylation sites (N-methyl/N-ethyl adjacent to an activating group) is 1. The fourth-order valence-corrected chi connectivity index (χ4v) is 5.15. The van der Waals surface area contributed by atoms with E-state index in [9.17, 15) is 14.7 Å². The summed E-state index contributed by atoms with van der Waals surface area (Å²) in [5, 5.41) is 11.9. The van der Waals surface area contributed by atoms with Crippen molar-refractivity contribution in [1.82, 2.24) is 14.4 Å². The van der Waals surface area contributed by atoms with Crippen molar-refractivity contribution >= 4 is 16.6 Å². The molecule has 1 aromatic heterocycles. The number of piperazine rings is 1. The van der Waals surface area contributed by atoms with E-state index >= 15 is 0 Å². The summed E-state index contributed by atoms with van der Waals surface area (Å²) in [4.78, 5) is 31.9. The molecular weight excluding hydrogens is 434 g/mol. The van der Waals surface area contributed by atoms with Crippen molar-refractivity contribution in [3.05, 3.63) is 57.9 Å². The minimum atomic E-state index is -0.776. The van der Waals surface area contributed by atoms with Gasteiger partial charge in [0.1, 0.15) is 0 Å².